The Kier molecular flexibility index (Phi) is 7.11. The van der Waals surface area contributed by atoms with Crippen molar-refractivity contribution in [2.45, 2.75) is 32.6 Å². The molecule has 0 saturated carbocycles. The maximum atomic E-state index is 13.1. The van der Waals surface area contributed by atoms with Crippen LogP contribution in [0.1, 0.15) is 31.2 Å². The van der Waals surface area contributed by atoms with Gasteiger partial charge in [-0.1, -0.05) is 15.9 Å². The Morgan fingerprint density at radius 3 is 2.60 bits per heavy atom. The van der Waals surface area contributed by atoms with Crippen molar-refractivity contribution in [3.05, 3.63) is 28.2 Å². The quantitative estimate of drug-likeness (QED) is 0.653. The third kappa shape index (κ3) is 5.06. The Hall–Kier alpha value is -1.44. The molecule has 6 nitrogen and oxygen atoms in total. The number of aryl methyl sites for hydroxylation is 1. The van der Waals surface area contributed by atoms with Crippen molar-refractivity contribution >= 4 is 33.4 Å². The summed E-state index contributed by atoms with van der Waals surface area (Å²) in [6.07, 6.45) is 3.68. The van der Waals surface area contributed by atoms with Crippen LogP contribution in [0.2, 0.25) is 0 Å². The predicted octanol–water partition coefficient (Wildman–Crippen LogP) is 3.07. The minimum atomic E-state index is -0.216. The summed E-state index contributed by atoms with van der Waals surface area (Å²) >= 11 is 3.51. The maximum absolute atomic E-state index is 13.1. The fourth-order valence-corrected chi connectivity index (χ4v) is 5.06. The van der Waals surface area contributed by atoms with Crippen LogP contribution < -0.4 is 4.90 Å². The summed E-state index contributed by atoms with van der Waals surface area (Å²) in [7, 11) is 0. The van der Waals surface area contributed by atoms with E-state index in [9.17, 15) is 9.59 Å². The zero-order valence-electron chi connectivity index (χ0n) is 17.8. The van der Waals surface area contributed by atoms with Gasteiger partial charge in [-0.3, -0.25) is 14.5 Å². The third-order valence-corrected chi connectivity index (χ3v) is 7.70. The molecule has 30 heavy (non-hydrogen) atoms. The molecule has 3 aliphatic heterocycles. The lowest BCUT2D eigenvalue weighted by molar-refractivity contribution is -0.137. The highest BCUT2D eigenvalue weighted by Gasteiger charge is 2.38. The summed E-state index contributed by atoms with van der Waals surface area (Å²) in [4.78, 5) is 31.9. The minimum Gasteiger partial charge on any atom is -0.379 e. The first-order valence-corrected chi connectivity index (χ1v) is 12.0. The molecule has 3 saturated heterocycles. The lowest BCUT2D eigenvalue weighted by Crippen LogP contribution is -2.43. The average Bonchev–Trinajstić information content (AvgIpc) is 3.16. The van der Waals surface area contributed by atoms with Crippen molar-refractivity contribution in [2.24, 2.45) is 11.8 Å². The number of halogens is 1. The van der Waals surface area contributed by atoms with Crippen molar-refractivity contribution in [1.29, 1.82) is 0 Å². The van der Waals surface area contributed by atoms with E-state index < -0.39 is 0 Å². The lowest BCUT2D eigenvalue weighted by atomic mass is 9.92. The van der Waals surface area contributed by atoms with E-state index in [0.717, 1.165) is 74.5 Å². The molecule has 0 spiro atoms. The van der Waals surface area contributed by atoms with Crippen molar-refractivity contribution in [3.8, 4) is 0 Å². The first-order valence-electron chi connectivity index (χ1n) is 11.2. The van der Waals surface area contributed by atoms with Gasteiger partial charge in [0.25, 0.3) is 0 Å². The van der Waals surface area contributed by atoms with Crippen LogP contribution in [0.25, 0.3) is 0 Å². The number of amides is 2. The summed E-state index contributed by atoms with van der Waals surface area (Å²) in [5, 5.41) is 0. The molecule has 1 unspecified atom stereocenters. The van der Waals surface area contributed by atoms with Gasteiger partial charge in [0, 0.05) is 49.3 Å². The first kappa shape index (κ1) is 21.8. The minimum absolute atomic E-state index is 0.0514. The molecule has 0 radical (unpaired) electrons. The van der Waals surface area contributed by atoms with Gasteiger partial charge < -0.3 is 14.5 Å². The van der Waals surface area contributed by atoms with Crippen LogP contribution in [0.5, 0.6) is 0 Å². The number of hydrogen-bond donors (Lipinski definition) is 0. The summed E-state index contributed by atoms with van der Waals surface area (Å²) in [5.74, 6) is 0.692. The highest BCUT2D eigenvalue weighted by atomic mass is 79.9. The molecule has 3 heterocycles. The average molecular weight is 478 g/mol. The third-order valence-electron chi connectivity index (χ3n) is 6.81. The van der Waals surface area contributed by atoms with Crippen molar-refractivity contribution in [1.82, 2.24) is 9.80 Å². The van der Waals surface area contributed by atoms with Gasteiger partial charge in [-0.05, 0) is 62.4 Å². The van der Waals surface area contributed by atoms with Gasteiger partial charge in [-0.25, -0.2) is 0 Å². The zero-order valence-corrected chi connectivity index (χ0v) is 19.4. The van der Waals surface area contributed by atoms with Crippen LogP contribution in [0.3, 0.4) is 0 Å². The predicted molar refractivity (Wildman–Crippen MR) is 121 cm³/mol. The van der Waals surface area contributed by atoms with E-state index in [2.05, 4.69) is 20.8 Å². The number of carbonyl (C=O) groups excluding carboxylic acids is 2. The van der Waals surface area contributed by atoms with E-state index in [1.165, 1.54) is 6.42 Å². The Labute approximate surface area is 187 Å². The summed E-state index contributed by atoms with van der Waals surface area (Å²) in [6.45, 7) is 9.09. The van der Waals surface area contributed by atoms with Crippen LogP contribution in [0, 0.1) is 18.8 Å². The van der Waals surface area contributed by atoms with Crippen LogP contribution in [-0.2, 0) is 14.3 Å². The van der Waals surface area contributed by atoms with Crippen molar-refractivity contribution < 1.29 is 14.3 Å². The number of nitrogens with zero attached hydrogens (tertiary/aromatic N) is 3. The van der Waals surface area contributed by atoms with Gasteiger partial charge in [0.05, 0.1) is 19.1 Å². The van der Waals surface area contributed by atoms with E-state index in [1.54, 1.807) is 4.90 Å². The standard InChI is InChI=1S/C23H32BrN3O3/c1-17-14-20(2-3-21(17)24)27-16-19(15-22(27)28)23(29)26-8-5-18(6-9-26)4-7-25-10-12-30-13-11-25/h2-3,14,18-19H,4-13,15-16H2,1H3. The molecule has 1 aromatic rings. The number of carbonyl (C=O) groups is 2. The number of anilines is 1. The van der Waals surface area contributed by atoms with Crippen molar-refractivity contribution in [2.75, 3.05) is 57.4 Å². The van der Waals surface area contributed by atoms with E-state index >= 15 is 0 Å². The fourth-order valence-electron chi connectivity index (χ4n) is 4.81. The summed E-state index contributed by atoms with van der Waals surface area (Å²) in [6, 6.07) is 5.92. The van der Waals surface area contributed by atoms with E-state index in [1.807, 2.05) is 30.0 Å². The highest BCUT2D eigenvalue weighted by Crippen LogP contribution is 2.30. The SMILES string of the molecule is Cc1cc(N2CC(C(=O)N3CCC(CCN4CCOCC4)CC3)CC2=O)ccc1Br. The number of hydrogen-bond acceptors (Lipinski definition) is 4. The van der Waals surface area contributed by atoms with Gasteiger partial charge >= 0.3 is 0 Å². The van der Waals surface area contributed by atoms with E-state index in [-0.39, 0.29) is 17.7 Å². The van der Waals surface area contributed by atoms with Gasteiger partial charge in [0.2, 0.25) is 11.8 Å². The molecule has 7 heteroatoms. The topological polar surface area (TPSA) is 53.1 Å². The van der Waals surface area contributed by atoms with Gasteiger partial charge in [-0.15, -0.1) is 0 Å². The molecule has 2 amide bonds. The number of benzene rings is 1. The van der Waals surface area contributed by atoms with Gasteiger partial charge in [0.1, 0.15) is 0 Å². The molecule has 3 aliphatic rings. The second-order valence-corrected chi connectivity index (χ2v) is 9.70. The smallest absolute Gasteiger partial charge is 0.228 e. The Morgan fingerprint density at radius 1 is 1.17 bits per heavy atom. The lowest BCUT2D eigenvalue weighted by Gasteiger charge is -2.35. The molecule has 0 N–H and O–H groups in total. The molecule has 0 aromatic heterocycles. The first-order chi connectivity index (χ1) is 14.5. The largest absolute Gasteiger partial charge is 0.379 e. The molecular weight excluding hydrogens is 446 g/mol. The summed E-state index contributed by atoms with van der Waals surface area (Å²) in [5.41, 5.74) is 1.98. The monoisotopic (exact) mass is 477 g/mol. The van der Waals surface area contributed by atoms with E-state index in [0.29, 0.717) is 18.9 Å². The molecule has 164 valence electrons. The zero-order chi connectivity index (χ0) is 21.1. The normalized spacial score (nSPS) is 23.9. The van der Waals surface area contributed by atoms with Crippen LogP contribution in [-0.4, -0.2) is 74.1 Å². The highest BCUT2D eigenvalue weighted by molar-refractivity contribution is 9.10. The van der Waals surface area contributed by atoms with Crippen LogP contribution >= 0.6 is 15.9 Å². The molecule has 1 atom stereocenters. The van der Waals surface area contributed by atoms with Gasteiger partial charge in [0.15, 0.2) is 0 Å². The molecule has 4 rings (SSSR count). The second kappa shape index (κ2) is 9.79. The van der Waals surface area contributed by atoms with Crippen LogP contribution in [0.4, 0.5) is 5.69 Å². The number of piperidine rings is 1. The Morgan fingerprint density at radius 2 is 1.90 bits per heavy atom. The number of morpholine rings is 1. The van der Waals surface area contributed by atoms with Crippen LogP contribution in [0.15, 0.2) is 22.7 Å². The van der Waals surface area contributed by atoms with Gasteiger partial charge in [-0.2, -0.15) is 0 Å². The molecular formula is C23H32BrN3O3. The Balaban J connectivity index is 1.26. The molecule has 3 fully saturated rings. The number of ether oxygens (including phenoxy) is 1. The molecule has 0 bridgehead atoms. The molecule has 1 aromatic carbocycles. The maximum Gasteiger partial charge on any atom is 0.228 e. The summed E-state index contributed by atoms with van der Waals surface area (Å²) < 4.78 is 6.45. The fraction of sp³-hybridized carbons (Fsp3) is 0.652. The second-order valence-electron chi connectivity index (χ2n) is 8.85. The van der Waals surface area contributed by atoms with Crippen molar-refractivity contribution in [3.63, 3.8) is 0 Å². The number of rotatable bonds is 5. The number of likely N-dealkylation sites (tertiary alicyclic amines) is 1. The molecule has 0 aliphatic carbocycles. The van der Waals surface area contributed by atoms with E-state index in [4.69, 9.17) is 4.74 Å². The Bertz CT molecular complexity index is 773.